The summed E-state index contributed by atoms with van der Waals surface area (Å²) in [5, 5.41) is 1.01. The molecule has 0 unspecified atom stereocenters. The summed E-state index contributed by atoms with van der Waals surface area (Å²) in [5.41, 5.74) is 0. The Balaban J connectivity index is 4.03. The van der Waals surface area contributed by atoms with E-state index in [4.69, 9.17) is 34.8 Å². The molecule has 0 nitrogen and oxygen atoms in total. The molecule has 0 aliphatic heterocycles. The van der Waals surface area contributed by atoms with E-state index in [1.165, 1.54) is 0 Å². The van der Waals surface area contributed by atoms with E-state index in [2.05, 4.69) is 27.7 Å². The van der Waals surface area contributed by atoms with E-state index in [9.17, 15) is 0 Å². The van der Waals surface area contributed by atoms with Crippen molar-refractivity contribution in [3.05, 3.63) is 0 Å². The molecule has 0 amide bonds. The molecule has 1 atom stereocenters. The van der Waals surface area contributed by atoms with Gasteiger partial charge in [0.15, 0.2) is 3.79 Å². The van der Waals surface area contributed by atoms with Crippen LogP contribution in [0.2, 0.25) is 0 Å². The highest BCUT2D eigenvalue weighted by atomic mass is 35.6. The molecular formula is C9H17Cl3S2. The minimum Gasteiger partial charge on any atom is -0.0910 e. The summed E-state index contributed by atoms with van der Waals surface area (Å²) in [7, 11) is 3.68. The zero-order chi connectivity index (χ0) is 11.4. The zero-order valence-electron chi connectivity index (χ0n) is 8.89. The summed E-state index contributed by atoms with van der Waals surface area (Å²) in [4.78, 5) is 0. The maximum Gasteiger partial charge on any atom is 0.191 e. The molecule has 14 heavy (non-hydrogen) atoms. The van der Waals surface area contributed by atoms with Gasteiger partial charge in [0.1, 0.15) is 0 Å². The zero-order valence-corrected chi connectivity index (χ0v) is 12.8. The van der Waals surface area contributed by atoms with Crippen molar-refractivity contribution in [1.82, 2.24) is 0 Å². The van der Waals surface area contributed by atoms with Gasteiger partial charge in [0.05, 0.1) is 0 Å². The number of alkyl halides is 3. The first-order valence-corrected chi connectivity index (χ1v) is 8.02. The van der Waals surface area contributed by atoms with Crippen LogP contribution in [0, 0.1) is 5.92 Å². The van der Waals surface area contributed by atoms with Crippen LogP contribution in [0.15, 0.2) is 0 Å². The molecule has 0 N–H and O–H groups in total. The average Bonchev–Trinajstić information content (AvgIpc) is 1.94. The van der Waals surface area contributed by atoms with E-state index >= 15 is 0 Å². The van der Waals surface area contributed by atoms with E-state index in [1.807, 2.05) is 21.6 Å². The molecule has 0 rings (SSSR count). The van der Waals surface area contributed by atoms with Gasteiger partial charge in [-0.25, -0.2) is 0 Å². The predicted octanol–water partition coefficient (Wildman–Crippen LogP) is 5.56. The predicted molar refractivity (Wildman–Crippen MR) is 73.9 cm³/mol. The first-order valence-electron chi connectivity index (χ1n) is 4.61. The van der Waals surface area contributed by atoms with Gasteiger partial charge in [0.25, 0.3) is 0 Å². The van der Waals surface area contributed by atoms with Crippen LogP contribution in [-0.4, -0.2) is 14.3 Å². The van der Waals surface area contributed by atoms with E-state index in [0.717, 1.165) is 0 Å². The van der Waals surface area contributed by atoms with Gasteiger partial charge in [-0.1, -0.05) is 84.1 Å². The Morgan fingerprint density at radius 2 is 1.50 bits per heavy atom. The van der Waals surface area contributed by atoms with Gasteiger partial charge < -0.3 is 0 Å². The molecule has 0 saturated carbocycles. The first-order chi connectivity index (χ1) is 6.22. The lowest BCUT2D eigenvalue weighted by molar-refractivity contribution is 0.581. The van der Waals surface area contributed by atoms with Crippen LogP contribution < -0.4 is 0 Å². The summed E-state index contributed by atoms with van der Waals surface area (Å²) in [5.74, 6) is 0.530. The fourth-order valence-electron chi connectivity index (χ4n) is 0.791. The Morgan fingerprint density at radius 3 is 1.79 bits per heavy atom. The number of halogens is 3. The van der Waals surface area contributed by atoms with E-state index in [1.54, 1.807) is 0 Å². The Morgan fingerprint density at radius 1 is 1.00 bits per heavy atom. The van der Waals surface area contributed by atoms with Crippen molar-refractivity contribution in [1.29, 1.82) is 0 Å². The fourth-order valence-corrected chi connectivity index (χ4v) is 4.44. The first kappa shape index (κ1) is 15.6. The van der Waals surface area contributed by atoms with Gasteiger partial charge in [0, 0.05) is 16.9 Å². The standard InChI is InChI=1S/C9H17Cl3S2/c1-6(2)8(5-9(10,11)12)14-13-7(3)4/h6-8H,5H2,1-4H3/t8-/m0/s1. The number of hydrogen-bond acceptors (Lipinski definition) is 2. The summed E-state index contributed by atoms with van der Waals surface area (Å²) in [6.45, 7) is 8.67. The van der Waals surface area contributed by atoms with Crippen LogP contribution in [0.3, 0.4) is 0 Å². The molecule has 0 fully saturated rings. The van der Waals surface area contributed by atoms with Crippen molar-refractivity contribution in [2.45, 2.75) is 48.4 Å². The SMILES string of the molecule is CC(C)SS[C@@H](CC(Cl)(Cl)Cl)C(C)C. The van der Waals surface area contributed by atoms with E-state index < -0.39 is 3.79 Å². The Bertz CT molecular complexity index is 155. The Labute approximate surface area is 110 Å². The highest BCUT2D eigenvalue weighted by Crippen LogP contribution is 2.42. The van der Waals surface area contributed by atoms with Gasteiger partial charge in [-0.05, 0) is 5.92 Å². The number of rotatable bonds is 5. The third-order valence-electron chi connectivity index (χ3n) is 1.55. The minimum atomic E-state index is -1.13. The van der Waals surface area contributed by atoms with Crippen LogP contribution in [0.4, 0.5) is 0 Å². The molecule has 0 aliphatic carbocycles. The third kappa shape index (κ3) is 8.84. The van der Waals surface area contributed by atoms with Crippen molar-refractivity contribution >= 4 is 56.4 Å². The average molecular weight is 296 g/mol. The van der Waals surface area contributed by atoms with Crippen molar-refractivity contribution in [3.63, 3.8) is 0 Å². The maximum atomic E-state index is 5.80. The lowest BCUT2D eigenvalue weighted by Crippen LogP contribution is -2.18. The molecule has 86 valence electrons. The van der Waals surface area contributed by atoms with Crippen LogP contribution in [0.25, 0.3) is 0 Å². The van der Waals surface area contributed by atoms with E-state index in [0.29, 0.717) is 22.8 Å². The second kappa shape index (κ2) is 7.01. The molecule has 0 heterocycles. The van der Waals surface area contributed by atoms with Gasteiger partial charge in [-0.2, -0.15) is 0 Å². The number of hydrogen-bond donors (Lipinski definition) is 0. The molecule has 0 radical (unpaired) electrons. The highest BCUT2D eigenvalue weighted by molar-refractivity contribution is 8.77. The van der Waals surface area contributed by atoms with Crippen molar-refractivity contribution in [2.75, 3.05) is 0 Å². The van der Waals surface area contributed by atoms with Crippen molar-refractivity contribution in [2.24, 2.45) is 5.92 Å². The van der Waals surface area contributed by atoms with Crippen LogP contribution in [0.1, 0.15) is 34.1 Å². The second-order valence-electron chi connectivity index (χ2n) is 3.84. The van der Waals surface area contributed by atoms with Crippen molar-refractivity contribution < 1.29 is 0 Å². The van der Waals surface area contributed by atoms with Gasteiger partial charge >= 0.3 is 0 Å². The second-order valence-corrected chi connectivity index (χ2v) is 9.45. The normalized spacial score (nSPS) is 15.2. The van der Waals surface area contributed by atoms with Gasteiger partial charge in [-0.15, -0.1) is 0 Å². The van der Waals surface area contributed by atoms with Crippen molar-refractivity contribution in [3.8, 4) is 0 Å². The Kier molecular flexibility index (Phi) is 7.79. The molecule has 0 aromatic heterocycles. The molecular weight excluding hydrogens is 279 g/mol. The highest BCUT2D eigenvalue weighted by Gasteiger charge is 2.28. The van der Waals surface area contributed by atoms with E-state index in [-0.39, 0.29) is 0 Å². The largest absolute Gasteiger partial charge is 0.191 e. The van der Waals surface area contributed by atoms with Crippen LogP contribution in [-0.2, 0) is 0 Å². The lowest BCUT2D eigenvalue weighted by atomic mass is 10.1. The molecule has 5 heteroatoms. The molecule has 0 aromatic carbocycles. The monoisotopic (exact) mass is 294 g/mol. The summed E-state index contributed by atoms with van der Waals surface area (Å²) >= 11 is 17.4. The summed E-state index contributed by atoms with van der Waals surface area (Å²) in [6, 6.07) is 0. The van der Waals surface area contributed by atoms with Gasteiger partial charge in [-0.3, -0.25) is 0 Å². The molecule has 0 aromatic rings. The summed E-state index contributed by atoms with van der Waals surface area (Å²) < 4.78 is -1.13. The van der Waals surface area contributed by atoms with Crippen LogP contribution in [0.5, 0.6) is 0 Å². The summed E-state index contributed by atoms with van der Waals surface area (Å²) in [6.07, 6.45) is 0.611. The topological polar surface area (TPSA) is 0 Å². The Hall–Kier alpha value is 1.57. The smallest absolute Gasteiger partial charge is 0.0910 e. The minimum absolute atomic E-state index is 0.398. The molecule has 0 bridgehead atoms. The van der Waals surface area contributed by atoms with Crippen LogP contribution >= 0.6 is 56.4 Å². The lowest BCUT2D eigenvalue weighted by Gasteiger charge is -2.24. The third-order valence-corrected chi connectivity index (χ3v) is 5.69. The maximum absolute atomic E-state index is 5.80. The quantitative estimate of drug-likeness (QED) is 0.481. The fraction of sp³-hybridized carbons (Fsp3) is 1.00. The molecule has 0 spiro atoms. The van der Waals surface area contributed by atoms with Gasteiger partial charge in [0.2, 0.25) is 0 Å². The molecule has 0 aliphatic rings. The molecule has 0 saturated heterocycles.